The molecule has 0 bridgehead atoms. The van der Waals surface area contributed by atoms with Gasteiger partial charge in [0.05, 0.1) is 38.3 Å². The highest BCUT2D eigenvalue weighted by atomic mass is 16.5. The van der Waals surface area contributed by atoms with Gasteiger partial charge in [-0.25, -0.2) is 0 Å². The quantitative estimate of drug-likeness (QED) is 0.822. The van der Waals surface area contributed by atoms with Gasteiger partial charge in [0.2, 0.25) is 5.88 Å². The fourth-order valence-corrected chi connectivity index (χ4v) is 2.25. The van der Waals surface area contributed by atoms with Crippen LogP contribution in [0.4, 0.5) is 5.82 Å². The summed E-state index contributed by atoms with van der Waals surface area (Å²) in [7, 11) is 0. The van der Waals surface area contributed by atoms with E-state index in [-0.39, 0.29) is 6.04 Å². The fourth-order valence-electron chi connectivity index (χ4n) is 2.25. The molecule has 1 aliphatic heterocycles. The summed E-state index contributed by atoms with van der Waals surface area (Å²) >= 11 is 0. The molecule has 1 aromatic rings. The minimum Gasteiger partial charge on any atom is -0.477 e. The Morgan fingerprint density at radius 1 is 1.48 bits per heavy atom. The maximum atomic E-state index is 5.60. The molecule has 2 heterocycles. The van der Waals surface area contributed by atoms with Gasteiger partial charge in [0.1, 0.15) is 0 Å². The topological polar surface area (TPSA) is 59.5 Å². The van der Waals surface area contributed by atoms with Crippen molar-refractivity contribution < 1.29 is 9.47 Å². The Kier molecular flexibility index (Phi) is 6.20. The molecule has 1 N–H and O–H groups in total. The van der Waals surface area contributed by atoms with E-state index in [1.165, 1.54) is 0 Å². The van der Waals surface area contributed by atoms with Crippen LogP contribution in [0.25, 0.3) is 0 Å². The normalized spacial score (nSPS) is 19.0. The maximum Gasteiger partial charge on any atom is 0.234 e. The van der Waals surface area contributed by atoms with Crippen molar-refractivity contribution in [2.24, 2.45) is 0 Å². The van der Waals surface area contributed by atoms with E-state index in [1.807, 2.05) is 0 Å². The first-order chi connectivity index (χ1) is 10.2. The number of ether oxygens (including phenoxy) is 2. The molecule has 1 aromatic heterocycles. The molecule has 21 heavy (non-hydrogen) atoms. The first-order valence-corrected chi connectivity index (χ1v) is 7.73. The second-order valence-corrected chi connectivity index (χ2v) is 5.55. The van der Waals surface area contributed by atoms with Gasteiger partial charge in [-0.1, -0.05) is 20.8 Å². The zero-order chi connectivity index (χ0) is 15.1. The Morgan fingerprint density at radius 3 is 3.10 bits per heavy atom. The summed E-state index contributed by atoms with van der Waals surface area (Å²) in [5.74, 6) is 1.46. The summed E-state index contributed by atoms with van der Waals surface area (Å²) in [6, 6.07) is 0.732. The van der Waals surface area contributed by atoms with Crippen LogP contribution < -0.4 is 15.0 Å². The van der Waals surface area contributed by atoms with Crippen LogP contribution in [0, 0.1) is 0 Å². The second-order valence-electron chi connectivity index (χ2n) is 5.55. The standard InChI is InChI=1S/C15H26N4O2/c1-4-6-21-15-10-16-9-14(18-15)19-5-7-20-11-13(19)8-17-12(2)3/h9-10,12-13,17H,4-8,11H2,1-3H3. The van der Waals surface area contributed by atoms with Gasteiger partial charge < -0.3 is 19.7 Å². The van der Waals surface area contributed by atoms with Crippen molar-refractivity contribution in [2.45, 2.75) is 39.3 Å². The first kappa shape index (κ1) is 16.0. The summed E-state index contributed by atoms with van der Waals surface area (Å²) < 4.78 is 11.2. The smallest absolute Gasteiger partial charge is 0.234 e. The molecule has 6 heteroatoms. The molecule has 0 aliphatic carbocycles. The molecule has 0 amide bonds. The zero-order valence-electron chi connectivity index (χ0n) is 13.2. The van der Waals surface area contributed by atoms with Gasteiger partial charge in [-0.2, -0.15) is 4.98 Å². The van der Waals surface area contributed by atoms with Crippen LogP contribution in [-0.2, 0) is 4.74 Å². The first-order valence-electron chi connectivity index (χ1n) is 7.73. The summed E-state index contributed by atoms with van der Waals surface area (Å²) in [6.07, 6.45) is 4.43. The molecule has 0 aromatic carbocycles. The number of morpholine rings is 1. The molecule has 2 rings (SSSR count). The molecule has 1 unspecified atom stereocenters. The van der Waals surface area contributed by atoms with E-state index >= 15 is 0 Å². The van der Waals surface area contributed by atoms with Gasteiger partial charge in [0.25, 0.3) is 0 Å². The number of nitrogens with one attached hydrogen (secondary N) is 1. The van der Waals surface area contributed by atoms with Crippen molar-refractivity contribution in [3.63, 3.8) is 0 Å². The van der Waals surface area contributed by atoms with E-state index in [2.05, 4.69) is 41.0 Å². The molecule has 118 valence electrons. The summed E-state index contributed by atoms with van der Waals surface area (Å²) in [4.78, 5) is 11.1. The third kappa shape index (κ3) is 4.82. The van der Waals surface area contributed by atoms with Gasteiger partial charge >= 0.3 is 0 Å². The molecule has 6 nitrogen and oxygen atoms in total. The van der Waals surface area contributed by atoms with Gasteiger partial charge in [-0.05, 0) is 6.42 Å². The molecule has 0 spiro atoms. The monoisotopic (exact) mass is 294 g/mol. The molecule has 1 fully saturated rings. The van der Waals surface area contributed by atoms with Crippen molar-refractivity contribution >= 4 is 5.82 Å². The van der Waals surface area contributed by atoms with E-state index in [4.69, 9.17) is 9.47 Å². The van der Waals surface area contributed by atoms with Crippen molar-refractivity contribution in [1.82, 2.24) is 15.3 Å². The minimum absolute atomic E-state index is 0.275. The van der Waals surface area contributed by atoms with E-state index in [0.717, 1.165) is 31.9 Å². The SMILES string of the molecule is CCCOc1cncc(N2CCOCC2CNC(C)C)n1. The van der Waals surface area contributed by atoms with Crippen LogP contribution in [0.2, 0.25) is 0 Å². The number of hydrogen-bond donors (Lipinski definition) is 1. The van der Waals surface area contributed by atoms with E-state index < -0.39 is 0 Å². The molecule has 0 saturated carbocycles. The molecule has 1 saturated heterocycles. The average Bonchev–Trinajstić information content (AvgIpc) is 2.51. The summed E-state index contributed by atoms with van der Waals surface area (Å²) in [5, 5.41) is 3.46. The predicted molar refractivity (Wildman–Crippen MR) is 82.9 cm³/mol. The van der Waals surface area contributed by atoms with Crippen LogP contribution in [0.15, 0.2) is 12.4 Å². The number of aromatic nitrogens is 2. The maximum absolute atomic E-state index is 5.60. The molecule has 0 radical (unpaired) electrons. The van der Waals surface area contributed by atoms with Crippen molar-refractivity contribution in [2.75, 3.05) is 37.8 Å². The molecule has 1 aliphatic rings. The Labute approximate surface area is 126 Å². The minimum atomic E-state index is 0.275. The lowest BCUT2D eigenvalue weighted by molar-refractivity contribution is 0.0926. The van der Waals surface area contributed by atoms with Crippen LogP contribution in [-0.4, -0.2) is 55.0 Å². The average molecular weight is 294 g/mol. The summed E-state index contributed by atoms with van der Waals surface area (Å²) in [6.45, 7) is 10.2. The Morgan fingerprint density at radius 2 is 2.33 bits per heavy atom. The molecular formula is C15H26N4O2. The summed E-state index contributed by atoms with van der Waals surface area (Å²) in [5.41, 5.74) is 0. The van der Waals surface area contributed by atoms with E-state index in [0.29, 0.717) is 25.1 Å². The number of anilines is 1. The molecular weight excluding hydrogens is 268 g/mol. The fraction of sp³-hybridized carbons (Fsp3) is 0.733. The highest BCUT2D eigenvalue weighted by Crippen LogP contribution is 2.19. The van der Waals surface area contributed by atoms with Crippen molar-refractivity contribution in [1.29, 1.82) is 0 Å². The third-order valence-corrected chi connectivity index (χ3v) is 3.34. The highest BCUT2D eigenvalue weighted by molar-refractivity contribution is 5.39. The van der Waals surface area contributed by atoms with Gasteiger partial charge in [0.15, 0.2) is 5.82 Å². The van der Waals surface area contributed by atoms with Gasteiger partial charge in [-0.3, -0.25) is 4.98 Å². The van der Waals surface area contributed by atoms with E-state index in [9.17, 15) is 0 Å². The lowest BCUT2D eigenvalue weighted by atomic mass is 10.2. The lowest BCUT2D eigenvalue weighted by Gasteiger charge is -2.36. The Hall–Kier alpha value is -1.40. The van der Waals surface area contributed by atoms with Crippen LogP contribution >= 0.6 is 0 Å². The third-order valence-electron chi connectivity index (χ3n) is 3.34. The molecule has 1 atom stereocenters. The lowest BCUT2D eigenvalue weighted by Crippen LogP contribution is -2.51. The Balaban J connectivity index is 2.05. The largest absolute Gasteiger partial charge is 0.477 e. The van der Waals surface area contributed by atoms with Crippen molar-refractivity contribution in [3.05, 3.63) is 12.4 Å². The zero-order valence-corrected chi connectivity index (χ0v) is 13.2. The van der Waals surface area contributed by atoms with Crippen LogP contribution in [0.3, 0.4) is 0 Å². The number of nitrogens with zero attached hydrogens (tertiary/aromatic N) is 3. The number of rotatable bonds is 7. The highest BCUT2D eigenvalue weighted by Gasteiger charge is 2.24. The van der Waals surface area contributed by atoms with Crippen molar-refractivity contribution in [3.8, 4) is 5.88 Å². The predicted octanol–water partition coefficient (Wildman–Crippen LogP) is 1.47. The van der Waals surface area contributed by atoms with Crippen LogP contribution in [0.1, 0.15) is 27.2 Å². The Bertz CT molecular complexity index is 428. The van der Waals surface area contributed by atoms with Gasteiger partial charge in [0, 0.05) is 19.1 Å². The number of hydrogen-bond acceptors (Lipinski definition) is 6. The van der Waals surface area contributed by atoms with E-state index in [1.54, 1.807) is 12.4 Å². The van der Waals surface area contributed by atoms with Gasteiger partial charge in [-0.15, -0.1) is 0 Å². The van der Waals surface area contributed by atoms with Crippen LogP contribution in [0.5, 0.6) is 5.88 Å². The second kappa shape index (κ2) is 8.14.